The molecule has 2 heterocycles. The number of imidazole rings is 1. The first-order valence-electron chi connectivity index (χ1n) is 7.84. The van der Waals surface area contributed by atoms with E-state index in [9.17, 15) is 0 Å². The van der Waals surface area contributed by atoms with Crippen molar-refractivity contribution in [3.8, 4) is 0 Å². The molecule has 1 aromatic heterocycles. The van der Waals surface area contributed by atoms with Crippen molar-refractivity contribution in [3.05, 3.63) is 87.9 Å². The number of nitrogen functional groups attached to an aromatic ring is 1. The van der Waals surface area contributed by atoms with Crippen LogP contribution in [0, 0.1) is 0 Å². The number of nitrogens with zero attached hydrogens (tertiary/aromatic N) is 3. The van der Waals surface area contributed by atoms with Crippen LogP contribution in [0.5, 0.6) is 0 Å². The van der Waals surface area contributed by atoms with E-state index in [2.05, 4.69) is 4.98 Å². The highest BCUT2D eigenvalue weighted by Gasteiger charge is 2.17. The van der Waals surface area contributed by atoms with E-state index in [4.69, 9.17) is 28.9 Å². The second-order valence-electron chi connectivity index (χ2n) is 5.56. The number of rotatable bonds is 3. The van der Waals surface area contributed by atoms with Gasteiger partial charge >= 0.3 is 0 Å². The quantitative estimate of drug-likeness (QED) is 0.594. The molecular formula is C19H14Cl2N4S. The van der Waals surface area contributed by atoms with Crippen molar-refractivity contribution < 1.29 is 0 Å². The van der Waals surface area contributed by atoms with Crippen molar-refractivity contribution in [1.29, 1.82) is 0 Å². The zero-order valence-corrected chi connectivity index (χ0v) is 15.8. The average molecular weight is 401 g/mol. The molecule has 3 aromatic rings. The SMILES string of the molecule is Nc1nc2ccc(C(=C(Cl)Cl)c3ccccc3)cc2n1N1C=CC=CS1. The van der Waals surface area contributed by atoms with Crippen molar-refractivity contribution >= 4 is 57.7 Å². The Kier molecular flexibility index (Phi) is 4.68. The Bertz CT molecular complexity index is 1050. The van der Waals surface area contributed by atoms with Crippen LogP contribution < -0.4 is 10.1 Å². The zero-order valence-electron chi connectivity index (χ0n) is 13.5. The number of benzene rings is 2. The number of anilines is 1. The van der Waals surface area contributed by atoms with E-state index < -0.39 is 0 Å². The van der Waals surface area contributed by atoms with Gasteiger partial charge in [-0.1, -0.05) is 65.7 Å². The van der Waals surface area contributed by atoms with E-state index >= 15 is 0 Å². The number of fused-ring (bicyclic) bond motifs is 1. The lowest BCUT2D eigenvalue weighted by molar-refractivity contribution is 0.915. The van der Waals surface area contributed by atoms with Crippen molar-refractivity contribution in [2.24, 2.45) is 0 Å². The number of hydrogen-bond acceptors (Lipinski definition) is 4. The van der Waals surface area contributed by atoms with E-state index in [1.165, 1.54) is 11.9 Å². The standard InChI is InChI=1S/C19H14Cl2N4S/c20-18(21)17(13-6-2-1-3-7-13)14-8-9-15-16(12-14)25(19(22)23-15)24-10-4-5-11-26-24/h1-12H,(H2,22,23). The van der Waals surface area contributed by atoms with Crippen molar-refractivity contribution in [2.45, 2.75) is 0 Å². The minimum absolute atomic E-state index is 0.213. The summed E-state index contributed by atoms with van der Waals surface area (Å²) in [6.07, 6.45) is 5.83. The first-order chi connectivity index (χ1) is 12.6. The van der Waals surface area contributed by atoms with Gasteiger partial charge in [-0.2, -0.15) is 0 Å². The third kappa shape index (κ3) is 3.09. The summed E-state index contributed by atoms with van der Waals surface area (Å²) in [5.74, 6) is 0.409. The van der Waals surface area contributed by atoms with E-state index in [-0.39, 0.29) is 4.49 Å². The van der Waals surface area contributed by atoms with Crippen LogP contribution in [0.25, 0.3) is 16.6 Å². The smallest absolute Gasteiger partial charge is 0.221 e. The summed E-state index contributed by atoms with van der Waals surface area (Å²) >= 11 is 14.0. The highest BCUT2D eigenvalue weighted by molar-refractivity contribution is 8.03. The maximum absolute atomic E-state index is 6.22. The highest BCUT2D eigenvalue weighted by Crippen LogP contribution is 2.33. The largest absolute Gasteiger partial charge is 0.368 e. The Labute approximate surface area is 165 Å². The summed E-state index contributed by atoms with van der Waals surface area (Å²) in [4.78, 5) is 4.45. The summed E-state index contributed by atoms with van der Waals surface area (Å²) in [5, 5.41) is 1.97. The third-order valence-electron chi connectivity index (χ3n) is 3.96. The number of hydrogen-bond donors (Lipinski definition) is 1. The van der Waals surface area contributed by atoms with Crippen molar-refractivity contribution in [3.63, 3.8) is 0 Å². The van der Waals surface area contributed by atoms with Crippen LogP contribution in [0.3, 0.4) is 0 Å². The Balaban J connectivity index is 1.88. The maximum atomic E-state index is 6.22. The van der Waals surface area contributed by atoms with Gasteiger partial charge in [-0.05, 0) is 34.7 Å². The Hall–Kier alpha value is -2.34. The molecule has 0 saturated carbocycles. The van der Waals surface area contributed by atoms with Gasteiger partial charge in [0.2, 0.25) is 5.95 Å². The molecule has 1 aliphatic rings. The van der Waals surface area contributed by atoms with Gasteiger partial charge in [0.25, 0.3) is 0 Å². The lowest BCUT2D eigenvalue weighted by Crippen LogP contribution is -2.23. The summed E-state index contributed by atoms with van der Waals surface area (Å²) in [6.45, 7) is 0. The van der Waals surface area contributed by atoms with Gasteiger partial charge in [0, 0.05) is 23.7 Å². The van der Waals surface area contributed by atoms with Crippen LogP contribution in [-0.4, -0.2) is 9.66 Å². The zero-order chi connectivity index (χ0) is 18.1. The summed E-state index contributed by atoms with van der Waals surface area (Å²) in [6, 6.07) is 15.7. The van der Waals surface area contributed by atoms with Gasteiger partial charge in [0.1, 0.15) is 4.49 Å². The van der Waals surface area contributed by atoms with Gasteiger partial charge in [-0.15, -0.1) is 0 Å². The molecule has 0 atom stereocenters. The molecule has 7 heteroatoms. The molecule has 0 amide bonds. The third-order valence-corrected chi connectivity index (χ3v) is 5.12. The predicted octanol–water partition coefficient (Wildman–Crippen LogP) is 5.44. The summed E-state index contributed by atoms with van der Waals surface area (Å²) in [5.41, 5.74) is 10.4. The fraction of sp³-hybridized carbons (Fsp3) is 0. The van der Waals surface area contributed by atoms with Crippen LogP contribution in [0.2, 0.25) is 0 Å². The van der Waals surface area contributed by atoms with Crippen molar-refractivity contribution in [2.75, 3.05) is 10.1 Å². The molecule has 2 aromatic carbocycles. The predicted molar refractivity (Wildman–Crippen MR) is 112 cm³/mol. The molecule has 0 saturated heterocycles. The lowest BCUT2D eigenvalue weighted by atomic mass is 9.99. The normalized spacial score (nSPS) is 13.4. The molecule has 26 heavy (non-hydrogen) atoms. The van der Waals surface area contributed by atoms with Gasteiger partial charge < -0.3 is 5.73 Å². The number of allylic oxidation sites excluding steroid dienone is 2. The molecule has 0 unspecified atom stereocenters. The number of aromatic nitrogens is 2. The molecule has 0 fully saturated rings. The molecule has 4 nitrogen and oxygen atoms in total. The van der Waals surface area contributed by atoms with Gasteiger partial charge in [0.05, 0.1) is 11.0 Å². The van der Waals surface area contributed by atoms with Crippen LogP contribution >= 0.6 is 35.1 Å². The topological polar surface area (TPSA) is 47.1 Å². The fourth-order valence-corrected chi connectivity index (χ4v) is 3.98. The summed E-state index contributed by atoms with van der Waals surface area (Å²) < 4.78 is 3.99. The Morgan fingerprint density at radius 2 is 1.81 bits per heavy atom. The van der Waals surface area contributed by atoms with E-state index in [1.54, 1.807) is 0 Å². The first kappa shape index (κ1) is 17.1. The molecule has 130 valence electrons. The summed E-state index contributed by atoms with van der Waals surface area (Å²) in [7, 11) is 0. The molecule has 1 aliphatic heterocycles. The molecule has 0 bridgehead atoms. The van der Waals surface area contributed by atoms with Crippen molar-refractivity contribution in [1.82, 2.24) is 9.66 Å². The Morgan fingerprint density at radius 3 is 2.50 bits per heavy atom. The second-order valence-corrected chi connectivity index (χ2v) is 7.37. The van der Waals surface area contributed by atoms with E-state index in [0.29, 0.717) is 5.95 Å². The molecule has 0 spiro atoms. The van der Waals surface area contributed by atoms with Crippen LogP contribution in [0.1, 0.15) is 11.1 Å². The fourth-order valence-electron chi connectivity index (χ4n) is 2.85. The maximum Gasteiger partial charge on any atom is 0.221 e. The molecule has 4 rings (SSSR count). The number of halogens is 2. The van der Waals surface area contributed by atoms with Crippen LogP contribution in [-0.2, 0) is 0 Å². The van der Waals surface area contributed by atoms with Gasteiger partial charge in [-0.3, -0.25) is 0 Å². The molecule has 0 radical (unpaired) electrons. The van der Waals surface area contributed by atoms with Crippen LogP contribution in [0.15, 0.2) is 76.8 Å². The van der Waals surface area contributed by atoms with E-state index in [1.807, 2.05) is 81.4 Å². The molecular weight excluding hydrogens is 387 g/mol. The first-order valence-corrected chi connectivity index (χ1v) is 9.43. The van der Waals surface area contributed by atoms with E-state index in [0.717, 1.165) is 27.7 Å². The van der Waals surface area contributed by atoms with Gasteiger partial charge in [0.15, 0.2) is 0 Å². The molecule has 2 N–H and O–H groups in total. The molecule has 0 aliphatic carbocycles. The minimum Gasteiger partial charge on any atom is -0.368 e. The number of nitrogens with two attached hydrogens (primary N) is 1. The van der Waals surface area contributed by atoms with Crippen LogP contribution in [0.4, 0.5) is 5.95 Å². The highest BCUT2D eigenvalue weighted by atomic mass is 35.5. The monoisotopic (exact) mass is 400 g/mol. The Morgan fingerprint density at radius 1 is 1.00 bits per heavy atom. The minimum atomic E-state index is 0.213. The second kappa shape index (κ2) is 7.11. The lowest BCUT2D eigenvalue weighted by Gasteiger charge is -2.21. The average Bonchev–Trinajstić information content (AvgIpc) is 2.98. The van der Waals surface area contributed by atoms with Gasteiger partial charge in [-0.25, -0.2) is 14.1 Å².